The van der Waals surface area contributed by atoms with Gasteiger partial charge in [-0.3, -0.25) is 0 Å². The maximum atomic E-state index is 7.04. The van der Waals surface area contributed by atoms with E-state index in [0.717, 1.165) is 109 Å². The lowest BCUT2D eigenvalue weighted by atomic mass is 9.43. The SMILES string of the molecule is C[C@H](CCCNCCCN(CCS)CCS)[C@H]1CC[C@H]2C3[C@H](OCCCN)CC4C[C@H](OCCCN)CCC4(C)[C@H]3C[C@H](OCCCN)C12C. The van der Waals surface area contributed by atoms with E-state index in [-0.39, 0.29) is 11.5 Å². The molecule has 4 unspecified atom stereocenters. The molecule has 0 saturated heterocycles. The van der Waals surface area contributed by atoms with E-state index in [1.807, 2.05) is 0 Å². The minimum absolute atomic E-state index is 0.160. The maximum absolute atomic E-state index is 7.04. The average Bonchev–Trinajstić information content (AvgIpc) is 3.46. The first-order chi connectivity index (χ1) is 24.3. The highest BCUT2D eigenvalue weighted by molar-refractivity contribution is 7.80. The molecule has 0 bridgehead atoms. The van der Waals surface area contributed by atoms with Gasteiger partial charge in [0.25, 0.3) is 0 Å². The Hall–Kier alpha value is 0.380. The highest BCUT2D eigenvalue weighted by Gasteiger charge is 2.66. The fourth-order valence-electron chi connectivity index (χ4n) is 11.5. The van der Waals surface area contributed by atoms with E-state index in [9.17, 15) is 0 Å². The summed E-state index contributed by atoms with van der Waals surface area (Å²) in [7, 11) is 0. The molecule has 4 aliphatic rings. The lowest BCUT2D eigenvalue weighted by Crippen LogP contribution is -2.63. The third-order valence-corrected chi connectivity index (χ3v) is 14.6. The summed E-state index contributed by atoms with van der Waals surface area (Å²) in [5, 5.41) is 3.75. The van der Waals surface area contributed by atoms with E-state index in [2.05, 4.69) is 56.2 Å². The number of nitrogens with one attached hydrogen (secondary N) is 1. The van der Waals surface area contributed by atoms with Crippen molar-refractivity contribution in [3.05, 3.63) is 0 Å². The summed E-state index contributed by atoms with van der Waals surface area (Å²) in [5.74, 6) is 5.63. The number of hydrogen-bond acceptors (Lipinski definition) is 10. The molecule has 0 amide bonds. The lowest BCUT2D eigenvalue weighted by molar-refractivity contribution is -0.227. The molecule has 4 fully saturated rings. The summed E-state index contributed by atoms with van der Waals surface area (Å²) in [6, 6.07) is 0. The van der Waals surface area contributed by atoms with Gasteiger partial charge in [0.15, 0.2) is 0 Å². The quantitative estimate of drug-likeness (QED) is 0.0527. The van der Waals surface area contributed by atoms with Crippen LogP contribution in [-0.2, 0) is 14.2 Å². The van der Waals surface area contributed by atoms with Crippen molar-refractivity contribution >= 4 is 25.3 Å². The van der Waals surface area contributed by atoms with Crippen molar-refractivity contribution in [1.82, 2.24) is 10.2 Å². The van der Waals surface area contributed by atoms with Crippen LogP contribution in [0.15, 0.2) is 0 Å². The number of ether oxygens (including phenoxy) is 3. The lowest BCUT2D eigenvalue weighted by Gasteiger charge is -2.65. The fraction of sp³-hybridized carbons (Fsp3) is 1.00. The van der Waals surface area contributed by atoms with Crippen LogP contribution in [0.5, 0.6) is 0 Å². The second-order valence-corrected chi connectivity index (χ2v) is 17.9. The summed E-state index contributed by atoms with van der Waals surface area (Å²) < 4.78 is 20.4. The highest BCUT2D eigenvalue weighted by atomic mass is 32.1. The summed E-state index contributed by atoms with van der Waals surface area (Å²) >= 11 is 8.86. The maximum Gasteiger partial charge on any atom is 0.0637 e. The van der Waals surface area contributed by atoms with Crippen molar-refractivity contribution < 1.29 is 14.2 Å². The van der Waals surface area contributed by atoms with Gasteiger partial charge in [-0.25, -0.2) is 0 Å². The molecule has 50 heavy (non-hydrogen) atoms. The molecule has 4 rings (SSSR count). The topological polar surface area (TPSA) is 121 Å². The molecule has 11 atom stereocenters. The smallest absolute Gasteiger partial charge is 0.0637 e. The molecule has 0 aromatic carbocycles. The fourth-order valence-corrected chi connectivity index (χ4v) is 12.1. The Balaban J connectivity index is 1.45. The molecular formula is C40H79N5O3S2. The molecule has 0 aliphatic heterocycles. The molecule has 294 valence electrons. The van der Waals surface area contributed by atoms with Crippen molar-refractivity contribution in [3.8, 4) is 0 Å². The summed E-state index contributed by atoms with van der Waals surface area (Å²) in [5.41, 5.74) is 18.2. The van der Waals surface area contributed by atoms with Gasteiger partial charge in [0, 0.05) is 49.8 Å². The van der Waals surface area contributed by atoms with Crippen LogP contribution in [-0.4, -0.2) is 107 Å². The normalized spacial score (nSPS) is 35.9. The molecule has 0 heterocycles. The van der Waals surface area contributed by atoms with Gasteiger partial charge in [-0.05, 0) is 164 Å². The van der Waals surface area contributed by atoms with Crippen molar-refractivity contribution in [3.63, 3.8) is 0 Å². The van der Waals surface area contributed by atoms with Crippen LogP contribution in [0.4, 0.5) is 0 Å². The molecule has 0 spiro atoms. The average molecular weight is 742 g/mol. The van der Waals surface area contributed by atoms with E-state index >= 15 is 0 Å². The predicted molar refractivity (Wildman–Crippen MR) is 216 cm³/mol. The Morgan fingerprint density at radius 3 is 2.10 bits per heavy atom. The van der Waals surface area contributed by atoms with Gasteiger partial charge in [0.2, 0.25) is 0 Å². The number of nitrogens with zero attached hydrogens (tertiary/aromatic N) is 1. The van der Waals surface area contributed by atoms with Crippen LogP contribution in [0, 0.1) is 46.3 Å². The van der Waals surface area contributed by atoms with Gasteiger partial charge in [-0.15, -0.1) is 0 Å². The molecule has 4 saturated carbocycles. The predicted octanol–water partition coefficient (Wildman–Crippen LogP) is 5.62. The first-order valence-corrected chi connectivity index (χ1v) is 22.1. The molecule has 7 N–H and O–H groups in total. The zero-order valence-electron chi connectivity index (χ0n) is 32.4. The van der Waals surface area contributed by atoms with E-state index in [1.165, 1.54) is 38.5 Å². The first kappa shape index (κ1) is 43.1. The van der Waals surface area contributed by atoms with Gasteiger partial charge in [-0.2, -0.15) is 25.3 Å². The van der Waals surface area contributed by atoms with Gasteiger partial charge >= 0.3 is 0 Å². The molecule has 0 aromatic heterocycles. The van der Waals surface area contributed by atoms with E-state index in [1.54, 1.807) is 0 Å². The zero-order chi connectivity index (χ0) is 36.0. The molecule has 8 nitrogen and oxygen atoms in total. The summed E-state index contributed by atoms with van der Waals surface area (Å²) in [6.45, 7) is 17.7. The van der Waals surface area contributed by atoms with Gasteiger partial charge < -0.3 is 41.6 Å². The van der Waals surface area contributed by atoms with Crippen molar-refractivity contribution in [2.24, 2.45) is 63.5 Å². The Kier molecular flexibility index (Phi) is 19.0. The van der Waals surface area contributed by atoms with Crippen molar-refractivity contribution in [1.29, 1.82) is 0 Å². The van der Waals surface area contributed by atoms with Crippen molar-refractivity contribution in [2.45, 2.75) is 123 Å². The summed E-state index contributed by atoms with van der Waals surface area (Å²) in [6.07, 6.45) is 15.9. The van der Waals surface area contributed by atoms with Crippen LogP contribution in [0.25, 0.3) is 0 Å². The van der Waals surface area contributed by atoms with Crippen molar-refractivity contribution in [2.75, 3.05) is 83.7 Å². The minimum Gasteiger partial charge on any atom is -0.378 e. The minimum atomic E-state index is 0.160. The van der Waals surface area contributed by atoms with Gasteiger partial charge in [0.1, 0.15) is 0 Å². The van der Waals surface area contributed by atoms with E-state index < -0.39 is 0 Å². The Morgan fingerprint density at radius 2 is 1.42 bits per heavy atom. The number of thiol groups is 2. The summed E-state index contributed by atoms with van der Waals surface area (Å²) in [4.78, 5) is 2.48. The standard InChI is InChI=1S/C40H79N5O3S2/c1-30(9-4-17-44-18-8-19-45(20-25-49)21-26-50)33-10-11-34-38-35(29-37(40(33,34)3)48-24-7-16-43)39(2)13-12-32(46-22-5-14-41)27-31(39)28-36(38)47-23-6-15-42/h30-38,44,49-50H,4-29,41-43H2,1-3H3/t30-,31?,32-,33-,34+,35+,36-,37+,38?,39?,40?/m1/s1. The second kappa shape index (κ2) is 22.1. The Labute approximate surface area is 318 Å². The number of hydrogen-bond donors (Lipinski definition) is 6. The van der Waals surface area contributed by atoms with Crippen LogP contribution in [0.2, 0.25) is 0 Å². The van der Waals surface area contributed by atoms with E-state index in [4.69, 9.17) is 31.4 Å². The molecule has 10 heteroatoms. The first-order valence-electron chi connectivity index (χ1n) is 20.9. The van der Waals surface area contributed by atoms with Crippen LogP contribution in [0.3, 0.4) is 0 Å². The third-order valence-electron chi connectivity index (χ3n) is 14.2. The highest BCUT2D eigenvalue weighted by Crippen LogP contribution is 2.69. The molecular weight excluding hydrogens is 663 g/mol. The zero-order valence-corrected chi connectivity index (χ0v) is 34.2. The Morgan fingerprint density at radius 1 is 0.760 bits per heavy atom. The number of nitrogens with two attached hydrogens (primary N) is 3. The molecule has 4 aliphatic carbocycles. The largest absolute Gasteiger partial charge is 0.378 e. The van der Waals surface area contributed by atoms with E-state index in [0.29, 0.717) is 72.8 Å². The number of fused-ring (bicyclic) bond motifs is 5. The number of rotatable bonds is 25. The van der Waals surface area contributed by atoms with Gasteiger partial charge in [-0.1, -0.05) is 20.8 Å². The van der Waals surface area contributed by atoms with Gasteiger partial charge in [0.05, 0.1) is 18.3 Å². The van der Waals surface area contributed by atoms with Crippen LogP contribution in [0.1, 0.15) is 104 Å². The Bertz CT molecular complexity index is 933. The van der Waals surface area contributed by atoms with Crippen LogP contribution >= 0.6 is 25.3 Å². The molecule has 0 radical (unpaired) electrons. The monoisotopic (exact) mass is 742 g/mol. The van der Waals surface area contributed by atoms with Crippen LogP contribution < -0.4 is 22.5 Å². The second-order valence-electron chi connectivity index (χ2n) is 17.0. The third kappa shape index (κ3) is 10.8. The molecule has 0 aromatic rings.